The maximum absolute atomic E-state index is 3.50. The number of nitrogens with zero attached hydrogens (tertiary/aromatic N) is 2. The standard InChI is InChI=1S/C13H25N3/c1-5-13(14-6-2)12-7-8-16(11-12)10-9-15(3)4/h7-8,11,13-14H,5-6,9-10H2,1-4H3. The quantitative estimate of drug-likeness (QED) is 0.764. The van der Waals surface area contributed by atoms with Crippen molar-refractivity contribution in [2.24, 2.45) is 0 Å². The van der Waals surface area contributed by atoms with Crippen molar-refractivity contribution in [1.29, 1.82) is 0 Å². The van der Waals surface area contributed by atoms with Crippen LogP contribution in [0.4, 0.5) is 0 Å². The van der Waals surface area contributed by atoms with Gasteiger partial charge in [0, 0.05) is 31.5 Å². The van der Waals surface area contributed by atoms with Crippen molar-refractivity contribution in [2.75, 3.05) is 27.2 Å². The minimum Gasteiger partial charge on any atom is -0.353 e. The van der Waals surface area contributed by atoms with E-state index in [9.17, 15) is 0 Å². The van der Waals surface area contributed by atoms with Gasteiger partial charge in [-0.2, -0.15) is 0 Å². The first-order chi connectivity index (χ1) is 7.67. The Balaban J connectivity index is 2.55. The topological polar surface area (TPSA) is 20.2 Å². The van der Waals surface area contributed by atoms with Gasteiger partial charge < -0.3 is 14.8 Å². The van der Waals surface area contributed by atoms with E-state index >= 15 is 0 Å². The van der Waals surface area contributed by atoms with Crippen molar-refractivity contribution in [3.8, 4) is 0 Å². The molecule has 1 aromatic heterocycles. The summed E-state index contributed by atoms with van der Waals surface area (Å²) in [4.78, 5) is 2.21. The van der Waals surface area contributed by atoms with E-state index in [0.717, 1.165) is 26.1 Å². The smallest absolute Gasteiger partial charge is 0.0347 e. The fourth-order valence-corrected chi connectivity index (χ4v) is 1.86. The molecular weight excluding hydrogens is 198 g/mol. The molecule has 1 aromatic rings. The lowest BCUT2D eigenvalue weighted by Crippen LogP contribution is -2.20. The lowest BCUT2D eigenvalue weighted by atomic mass is 10.1. The van der Waals surface area contributed by atoms with E-state index in [4.69, 9.17) is 0 Å². The molecule has 0 bridgehead atoms. The Morgan fingerprint density at radius 1 is 1.38 bits per heavy atom. The molecule has 3 heteroatoms. The molecule has 0 saturated carbocycles. The second-order valence-electron chi connectivity index (χ2n) is 4.50. The third-order valence-electron chi connectivity index (χ3n) is 2.84. The van der Waals surface area contributed by atoms with Crippen LogP contribution >= 0.6 is 0 Å². The highest BCUT2D eigenvalue weighted by atomic mass is 15.1. The van der Waals surface area contributed by atoms with Crippen LogP contribution in [0, 0.1) is 0 Å². The molecule has 1 heterocycles. The number of hydrogen-bond donors (Lipinski definition) is 1. The molecule has 0 aliphatic rings. The number of nitrogens with one attached hydrogen (secondary N) is 1. The summed E-state index contributed by atoms with van der Waals surface area (Å²) in [6.07, 6.45) is 5.59. The highest BCUT2D eigenvalue weighted by Crippen LogP contribution is 2.16. The molecule has 1 atom stereocenters. The van der Waals surface area contributed by atoms with E-state index in [1.54, 1.807) is 0 Å². The largest absolute Gasteiger partial charge is 0.353 e. The fourth-order valence-electron chi connectivity index (χ4n) is 1.86. The van der Waals surface area contributed by atoms with Gasteiger partial charge in [0.1, 0.15) is 0 Å². The summed E-state index contributed by atoms with van der Waals surface area (Å²) in [7, 11) is 4.22. The van der Waals surface area contributed by atoms with Gasteiger partial charge in [0.15, 0.2) is 0 Å². The van der Waals surface area contributed by atoms with Crippen LogP contribution in [0.1, 0.15) is 31.9 Å². The van der Waals surface area contributed by atoms with E-state index < -0.39 is 0 Å². The Hall–Kier alpha value is -0.800. The third-order valence-corrected chi connectivity index (χ3v) is 2.84. The highest BCUT2D eigenvalue weighted by Gasteiger charge is 2.08. The monoisotopic (exact) mass is 223 g/mol. The van der Waals surface area contributed by atoms with E-state index in [1.807, 2.05) is 0 Å². The Morgan fingerprint density at radius 3 is 2.69 bits per heavy atom. The molecule has 1 unspecified atom stereocenters. The average Bonchev–Trinajstić information content (AvgIpc) is 2.71. The number of likely N-dealkylation sites (N-methyl/N-ethyl adjacent to an activating group) is 1. The van der Waals surface area contributed by atoms with Crippen molar-refractivity contribution in [3.05, 3.63) is 24.0 Å². The summed E-state index contributed by atoms with van der Waals surface area (Å²) in [6, 6.07) is 2.73. The molecule has 16 heavy (non-hydrogen) atoms. The van der Waals surface area contributed by atoms with Gasteiger partial charge in [0.05, 0.1) is 0 Å². The number of rotatable bonds is 7. The summed E-state index contributed by atoms with van der Waals surface area (Å²) in [5, 5.41) is 3.50. The van der Waals surface area contributed by atoms with Crippen LogP contribution in [0.3, 0.4) is 0 Å². The predicted octanol–water partition coefficient (Wildman–Crippen LogP) is 2.11. The van der Waals surface area contributed by atoms with Gasteiger partial charge in [-0.25, -0.2) is 0 Å². The zero-order chi connectivity index (χ0) is 12.0. The zero-order valence-electron chi connectivity index (χ0n) is 11.0. The van der Waals surface area contributed by atoms with Gasteiger partial charge >= 0.3 is 0 Å². The zero-order valence-corrected chi connectivity index (χ0v) is 11.0. The lowest BCUT2D eigenvalue weighted by molar-refractivity contribution is 0.384. The Kier molecular flexibility index (Phi) is 5.56. The highest BCUT2D eigenvalue weighted by molar-refractivity contribution is 5.15. The first kappa shape index (κ1) is 13.3. The molecule has 0 saturated heterocycles. The third kappa shape index (κ3) is 3.99. The molecule has 0 spiro atoms. The maximum atomic E-state index is 3.50. The lowest BCUT2D eigenvalue weighted by Gasteiger charge is -2.14. The van der Waals surface area contributed by atoms with E-state index in [0.29, 0.717) is 6.04 Å². The van der Waals surface area contributed by atoms with Crippen molar-refractivity contribution >= 4 is 0 Å². The normalized spacial score (nSPS) is 13.3. The van der Waals surface area contributed by atoms with Gasteiger partial charge in [0.2, 0.25) is 0 Å². The number of hydrogen-bond acceptors (Lipinski definition) is 2. The molecule has 1 N–H and O–H groups in total. The Morgan fingerprint density at radius 2 is 2.12 bits per heavy atom. The van der Waals surface area contributed by atoms with E-state index in [1.165, 1.54) is 5.56 Å². The molecule has 3 nitrogen and oxygen atoms in total. The summed E-state index contributed by atoms with van der Waals surface area (Å²) >= 11 is 0. The summed E-state index contributed by atoms with van der Waals surface area (Å²) < 4.78 is 2.27. The van der Waals surface area contributed by atoms with Crippen LogP contribution in [-0.2, 0) is 6.54 Å². The van der Waals surface area contributed by atoms with Crippen LogP contribution in [0.5, 0.6) is 0 Å². The minimum atomic E-state index is 0.505. The van der Waals surface area contributed by atoms with Crippen molar-refractivity contribution in [1.82, 2.24) is 14.8 Å². The SMILES string of the molecule is CCNC(CC)c1ccn(CCN(C)C)c1. The van der Waals surface area contributed by atoms with Crippen LogP contribution in [0.15, 0.2) is 18.5 Å². The molecule has 92 valence electrons. The van der Waals surface area contributed by atoms with Crippen molar-refractivity contribution in [2.45, 2.75) is 32.9 Å². The maximum Gasteiger partial charge on any atom is 0.0347 e. The Labute approximate surface area is 99.4 Å². The van der Waals surface area contributed by atoms with Crippen LogP contribution in [0.2, 0.25) is 0 Å². The molecule has 0 aromatic carbocycles. The molecule has 0 aliphatic carbocycles. The summed E-state index contributed by atoms with van der Waals surface area (Å²) in [5.41, 5.74) is 1.41. The predicted molar refractivity (Wildman–Crippen MR) is 69.7 cm³/mol. The van der Waals surface area contributed by atoms with Crippen LogP contribution in [-0.4, -0.2) is 36.7 Å². The molecule has 1 rings (SSSR count). The van der Waals surface area contributed by atoms with E-state index in [2.05, 4.69) is 61.2 Å². The van der Waals surface area contributed by atoms with E-state index in [-0.39, 0.29) is 0 Å². The first-order valence-corrected chi connectivity index (χ1v) is 6.21. The van der Waals surface area contributed by atoms with Crippen molar-refractivity contribution < 1.29 is 0 Å². The van der Waals surface area contributed by atoms with Gasteiger partial charge in [-0.15, -0.1) is 0 Å². The summed E-state index contributed by atoms with van der Waals surface area (Å²) in [5.74, 6) is 0. The average molecular weight is 223 g/mol. The van der Waals surface area contributed by atoms with Gasteiger partial charge in [0.25, 0.3) is 0 Å². The van der Waals surface area contributed by atoms with Crippen LogP contribution in [0.25, 0.3) is 0 Å². The van der Waals surface area contributed by atoms with Gasteiger partial charge in [-0.1, -0.05) is 13.8 Å². The minimum absolute atomic E-state index is 0.505. The molecule has 0 radical (unpaired) electrons. The van der Waals surface area contributed by atoms with Gasteiger partial charge in [-0.05, 0) is 38.7 Å². The Bertz CT molecular complexity index is 291. The first-order valence-electron chi connectivity index (χ1n) is 6.21. The summed E-state index contributed by atoms with van der Waals surface area (Å²) in [6.45, 7) is 7.57. The van der Waals surface area contributed by atoms with Gasteiger partial charge in [-0.3, -0.25) is 0 Å². The fraction of sp³-hybridized carbons (Fsp3) is 0.692. The number of aromatic nitrogens is 1. The molecule has 0 fully saturated rings. The molecular formula is C13H25N3. The second-order valence-corrected chi connectivity index (χ2v) is 4.50. The molecule has 0 aliphatic heterocycles. The molecule has 0 amide bonds. The second kappa shape index (κ2) is 6.71. The van der Waals surface area contributed by atoms with Crippen LogP contribution < -0.4 is 5.32 Å². The van der Waals surface area contributed by atoms with Crippen molar-refractivity contribution in [3.63, 3.8) is 0 Å².